The summed E-state index contributed by atoms with van der Waals surface area (Å²) in [5, 5.41) is 9.83. The van der Waals surface area contributed by atoms with Crippen LogP contribution in [0.2, 0.25) is 0 Å². The van der Waals surface area contributed by atoms with Gasteiger partial charge in [0, 0.05) is 6.20 Å². The summed E-state index contributed by atoms with van der Waals surface area (Å²) in [7, 11) is 1.60. The molecule has 3 nitrogen and oxygen atoms in total. The van der Waals surface area contributed by atoms with Gasteiger partial charge in [0.2, 0.25) is 0 Å². The smallest absolute Gasteiger partial charge is 0.143 e. The molecule has 13 heavy (non-hydrogen) atoms. The molecule has 1 atom stereocenters. The number of aromatic nitrogens is 1. The molecule has 0 amide bonds. The van der Waals surface area contributed by atoms with Crippen LogP contribution in [0.5, 0.6) is 5.75 Å². The van der Waals surface area contributed by atoms with Crippen LogP contribution < -0.4 is 4.74 Å². The van der Waals surface area contributed by atoms with Gasteiger partial charge < -0.3 is 9.84 Å². The lowest BCUT2D eigenvalue weighted by molar-refractivity contribution is 0.145. The second kappa shape index (κ2) is 3.34. The lowest BCUT2D eigenvalue weighted by Crippen LogP contribution is -2.04. The molecule has 1 fully saturated rings. The van der Waals surface area contributed by atoms with E-state index in [1.807, 2.05) is 12.1 Å². The van der Waals surface area contributed by atoms with Crippen molar-refractivity contribution >= 4 is 0 Å². The standard InChI is InChI=1S/C10H13NO2/c1-13-8-3-2-6-11-9(8)10(12)7-4-5-7/h2-3,6-7,10,12H,4-5H2,1H3. The summed E-state index contributed by atoms with van der Waals surface area (Å²) in [5.74, 6) is 1.07. The molecule has 1 unspecified atom stereocenters. The molecule has 0 aliphatic heterocycles. The summed E-state index contributed by atoms with van der Waals surface area (Å²) in [6.07, 6.45) is 3.43. The average Bonchev–Trinajstić information content (AvgIpc) is 3.00. The Morgan fingerprint density at radius 3 is 3.00 bits per heavy atom. The van der Waals surface area contributed by atoms with Gasteiger partial charge in [0.1, 0.15) is 17.5 Å². The van der Waals surface area contributed by atoms with E-state index in [-0.39, 0.29) is 0 Å². The highest BCUT2D eigenvalue weighted by molar-refractivity contribution is 5.29. The minimum Gasteiger partial charge on any atom is -0.495 e. The Kier molecular flexibility index (Phi) is 2.19. The Morgan fingerprint density at radius 1 is 1.62 bits per heavy atom. The molecule has 1 saturated carbocycles. The zero-order chi connectivity index (χ0) is 9.26. The maximum absolute atomic E-state index is 9.83. The van der Waals surface area contributed by atoms with Crippen LogP contribution in [-0.4, -0.2) is 17.2 Å². The molecule has 1 aliphatic rings. The Bertz CT molecular complexity index is 297. The largest absolute Gasteiger partial charge is 0.495 e. The number of pyridine rings is 1. The quantitative estimate of drug-likeness (QED) is 0.765. The van der Waals surface area contributed by atoms with Gasteiger partial charge in [0.05, 0.1) is 7.11 Å². The van der Waals surface area contributed by atoms with E-state index in [0.29, 0.717) is 17.4 Å². The number of hydrogen-bond donors (Lipinski definition) is 1. The lowest BCUT2D eigenvalue weighted by atomic mass is 10.1. The lowest BCUT2D eigenvalue weighted by Gasteiger charge is -2.11. The fourth-order valence-corrected chi connectivity index (χ4v) is 1.43. The van der Waals surface area contributed by atoms with Crippen LogP contribution in [0.4, 0.5) is 0 Å². The monoisotopic (exact) mass is 179 g/mol. The third-order valence-electron chi connectivity index (χ3n) is 2.37. The molecule has 0 spiro atoms. The zero-order valence-electron chi connectivity index (χ0n) is 7.60. The number of methoxy groups -OCH3 is 1. The molecule has 1 aliphatic carbocycles. The first kappa shape index (κ1) is 8.51. The van der Waals surface area contributed by atoms with E-state index in [9.17, 15) is 5.11 Å². The minimum absolute atomic E-state index is 0.392. The first-order valence-corrected chi connectivity index (χ1v) is 4.50. The molecule has 0 radical (unpaired) electrons. The van der Waals surface area contributed by atoms with Gasteiger partial charge in [-0.15, -0.1) is 0 Å². The van der Waals surface area contributed by atoms with Crippen LogP contribution in [0.3, 0.4) is 0 Å². The molecule has 0 bridgehead atoms. The van der Waals surface area contributed by atoms with Crippen molar-refractivity contribution in [3.05, 3.63) is 24.0 Å². The third-order valence-corrected chi connectivity index (χ3v) is 2.37. The van der Waals surface area contributed by atoms with E-state index < -0.39 is 6.10 Å². The molecule has 0 saturated heterocycles. The van der Waals surface area contributed by atoms with Crippen molar-refractivity contribution in [1.29, 1.82) is 0 Å². The third kappa shape index (κ3) is 1.65. The van der Waals surface area contributed by atoms with Crippen LogP contribution in [0.15, 0.2) is 18.3 Å². The number of aliphatic hydroxyl groups is 1. The van der Waals surface area contributed by atoms with Gasteiger partial charge in [-0.3, -0.25) is 4.98 Å². The van der Waals surface area contributed by atoms with Crippen molar-refractivity contribution in [2.75, 3.05) is 7.11 Å². The first-order valence-electron chi connectivity index (χ1n) is 4.50. The molecule has 1 heterocycles. The van der Waals surface area contributed by atoms with E-state index >= 15 is 0 Å². The molecule has 1 aromatic rings. The topological polar surface area (TPSA) is 42.4 Å². The predicted octanol–water partition coefficient (Wildman–Crippen LogP) is 1.53. The Labute approximate surface area is 77.4 Å². The van der Waals surface area contributed by atoms with Crippen LogP contribution in [0.1, 0.15) is 24.6 Å². The van der Waals surface area contributed by atoms with E-state index in [4.69, 9.17) is 4.74 Å². The summed E-state index contributed by atoms with van der Waals surface area (Å²) >= 11 is 0. The van der Waals surface area contributed by atoms with Crippen LogP contribution in [0.25, 0.3) is 0 Å². The number of hydrogen-bond acceptors (Lipinski definition) is 3. The van der Waals surface area contributed by atoms with Crippen molar-refractivity contribution in [1.82, 2.24) is 4.98 Å². The van der Waals surface area contributed by atoms with Gasteiger partial charge in [0.15, 0.2) is 0 Å². The van der Waals surface area contributed by atoms with E-state index in [1.165, 1.54) is 0 Å². The molecule has 0 aromatic carbocycles. The normalized spacial score (nSPS) is 18.3. The fourth-order valence-electron chi connectivity index (χ4n) is 1.43. The highest BCUT2D eigenvalue weighted by atomic mass is 16.5. The number of nitrogens with zero attached hydrogens (tertiary/aromatic N) is 1. The van der Waals surface area contributed by atoms with Crippen molar-refractivity contribution in [2.45, 2.75) is 18.9 Å². The maximum atomic E-state index is 9.83. The Morgan fingerprint density at radius 2 is 2.38 bits per heavy atom. The molecule has 1 N–H and O–H groups in total. The van der Waals surface area contributed by atoms with Gasteiger partial charge in [-0.25, -0.2) is 0 Å². The van der Waals surface area contributed by atoms with Crippen LogP contribution in [0, 0.1) is 5.92 Å². The molecule has 2 rings (SSSR count). The second-order valence-electron chi connectivity index (χ2n) is 3.37. The van der Waals surface area contributed by atoms with Crippen LogP contribution in [-0.2, 0) is 0 Å². The molecule has 1 aromatic heterocycles. The first-order chi connectivity index (χ1) is 6.33. The van der Waals surface area contributed by atoms with Crippen molar-refractivity contribution in [3.63, 3.8) is 0 Å². The van der Waals surface area contributed by atoms with Crippen LogP contribution >= 0.6 is 0 Å². The van der Waals surface area contributed by atoms with Gasteiger partial charge in [-0.05, 0) is 30.9 Å². The average molecular weight is 179 g/mol. The maximum Gasteiger partial charge on any atom is 0.143 e. The number of aliphatic hydroxyl groups excluding tert-OH is 1. The van der Waals surface area contributed by atoms with Gasteiger partial charge in [0.25, 0.3) is 0 Å². The van der Waals surface area contributed by atoms with E-state index in [2.05, 4.69) is 4.98 Å². The number of rotatable bonds is 3. The van der Waals surface area contributed by atoms with Crippen molar-refractivity contribution in [3.8, 4) is 5.75 Å². The fraction of sp³-hybridized carbons (Fsp3) is 0.500. The molecular formula is C10H13NO2. The summed E-state index contributed by atoms with van der Waals surface area (Å²) in [4.78, 5) is 4.14. The van der Waals surface area contributed by atoms with Gasteiger partial charge >= 0.3 is 0 Å². The predicted molar refractivity (Wildman–Crippen MR) is 48.5 cm³/mol. The second-order valence-corrected chi connectivity index (χ2v) is 3.37. The summed E-state index contributed by atoms with van der Waals surface area (Å²) in [5.41, 5.74) is 0.674. The highest BCUT2D eigenvalue weighted by Crippen LogP contribution is 2.42. The SMILES string of the molecule is COc1cccnc1C(O)C1CC1. The number of ether oxygens (including phenoxy) is 1. The summed E-state index contributed by atoms with van der Waals surface area (Å²) in [6, 6.07) is 3.63. The Hall–Kier alpha value is -1.09. The summed E-state index contributed by atoms with van der Waals surface area (Å²) in [6.45, 7) is 0. The van der Waals surface area contributed by atoms with Gasteiger partial charge in [-0.1, -0.05) is 0 Å². The van der Waals surface area contributed by atoms with Gasteiger partial charge in [-0.2, -0.15) is 0 Å². The summed E-state index contributed by atoms with van der Waals surface area (Å²) < 4.78 is 5.12. The Balaban J connectivity index is 2.26. The highest BCUT2D eigenvalue weighted by Gasteiger charge is 2.33. The van der Waals surface area contributed by atoms with Crippen molar-refractivity contribution < 1.29 is 9.84 Å². The molecule has 3 heteroatoms. The van der Waals surface area contributed by atoms with E-state index in [1.54, 1.807) is 13.3 Å². The zero-order valence-corrected chi connectivity index (χ0v) is 7.60. The van der Waals surface area contributed by atoms with Crippen molar-refractivity contribution in [2.24, 2.45) is 5.92 Å². The minimum atomic E-state index is -0.448. The van der Waals surface area contributed by atoms with E-state index in [0.717, 1.165) is 12.8 Å². The molecular weight excluding hydrogens is 166 g/mol. The molecule has 70 valence electrons.